The van der Waals surface area contributed by atoms with Gasteiger partial charge in [-0.3, -0.25) is 0 Å². The van der Waals surface area contributed by atoms with E-state index in [4.69, 9.17) is 21.4 Å². The first kappa shape index (κ1) is 9.36. The maximum absolute atomic E-state index is 8.50. The number of benzene rings is 1. The first-order valence-corrected chi connectivity index (χ1v) is 4.29. The predicted molar refractivity (Wildman–Crippen MR) is 48.6 cm³/mol. The van der Waals surface area contributed by atoms with Crippen molar-refractivity contribution in [2.75, 3.05) is 13.2 Å². The first-order valence-electron chi connectivity index (χ1n) is 3.75. The summed E-state index contributed by atoms with van der Waals surface area (Å²) >= 11 is 5.63. The predicted octanol–water partition coefficient (Wildman–Crippen LogP) is 1.80. The van der Waals surface area contributed by atoms with Crippen LogP contribution in [0.25, 0.3) is 0 Å². The summed E-state index contributed by atoms with van der Waals surface area (Å²) < 4.78 is 5.19. The van der Waals surface area contributed by atoms with Gasteiger partial charge in [-0.1, -0.05) is 12.1 Å². The van der Waals surface area contributed by atoms with Crippen molar-refractivity contribution in [3.05, 3.63) is 29.8 Å². The van der Waals surface area contributed by atoms with Crippen LogP contribution in [-0.2, 0) is 5.88 Å². The number of rotatable bonds is 4. The van der Waals surface area contributed by atoms with Crippen molar-refractivity contribution in [2.45, 2.75) is 5.88 Å². The molecule has 1 rings (SSSR count). The van der Waals surface area contributed by atoms with Crippen LogP contribution in [0.2, 0.25) is 0 Å². The summed E-state index contributed by atoms with van der Waals surface area (Å²) in [5, 5.41) is 8.50. The quantitative estimate of drug-likeness (QED) is 0.727. The molecule has 1 aromatic carbocycles. The highest BCUT2D eigenvalue weighted by molar-refractivity contribution is 6.17. The third-order valence-electron chi connectivity index (χ3n) is 1.41. The molecule has 0 atom stereocenters. The second-order valence-electron chi connectivity index (χ2n) is 2.35. The van der Waals surface area contributed by atoms with E-state index >= 15 is 0 Å². The lowest BCUT2D eigenvalue weighted by atomic mass is 10.2. The van der Waals surface area contributed by atoms with Gasteiger partial charge >= 0.3 is 0 Å². The van der Waals surface area contributed by atoms with Crippen LogP contribution in [0.1, 0.15) is 5.56 Å². The van der Waals surface area contributed by atoms with E-state index in [9.17, 15) is 0 Å². The molecule has 2 nitrogen and oxygen atoms in total. The Morgan fingerprint density at radius 3 is 2.92 bits per heavy atom. The van der Waals surface area contributed by atoms with Crippen LogP contribution in [0.5, 0.6) is 5.75 Å². The van der Waals surface area contributed by atoms with Gasteiger partial charge in [-0.05, 0) is 17.7 Å². The molecule has 0 aromatic heterocycles. The number of ether oxygens (including phenoxy) is 1. The molecule has 0 aliphatic heterocycles. The van der Waals surface area contributed by atoms with Gasteiger partial charge in [0.2, 0.25) is 0 Å². The van der Waals surface area contributed by atoms with E-state index in [2.05, 4.69) is 0 Å². The number of aliphatic hydroxyl groups is 1. The lowest BCUT2D eigenvalue weighted by Gasteiger charge is -2.04. The molecule has 12 heavy (non-hydrogen) atoms. The average Bonchev–Trinajstić information content (AvgIpc) is 2.15. The summed E-state index contributed by atoms with van der Waals surface area (Å²) in [6.45, 7) is 0.358. The Hall–Kier alpha value is -0.730. The molecule has 3 heteroatoms. The normalized spacial score (nSPS) is 9.83. The summed E-state index contributed by atoms with van der Waals surface area (Å²) in [4.78, 5) is 0. The summed E-state index contributed by atoms with van der Waals surface area (Å²) in [5.74, 6) is 1.23. The smallest absolute Gasteiger partial charge is 0.119 e. The van der Waals surface area contributed by atoms with Gasteiger partial charge in [-0.25, -0.2) is 0 Å². The Kier molecular flexibility index (Phi) is 3.91. The minimum atomic E-state index is 0.0328. The second-order valence-corrected chi connectivity index (χ2v) is 2.62. The zero-order valence-electron chi connectivity index (χ0n) is 6.66. The first-order chi connectivity index (χ1) is 5.86. The zero-order valence-corrected chi connectivity index (χ0v) is 7.42. The molecule has 0 bridgehead atoms. The summed E-state index contributed by atoms with van der Waals surface area (Å²) in [6, 6.07) is 7.51. The van der Waals surface area contributed by atoms with Crippen LogP contribution >= 0.6 is 11.6 Å². The fraction of sp³-hybridized carbons (Fsp3) is 0.333. The van der Waals surface area contributed by atoms with Gasteiger partial charge < -0.3 is 9.84 Å². The van der Waals surface area contributed by atoms with Crippen LogP contribution < -0.4 is 4.74 Å². The zero-order chi connectivity index (χ0) is 8.81. The third kappa shape index (κ3) is 2.72. The number of aliphatic hydroxyl groups excluding tert-OH is 1. The molecule has 1 aromatic rings. The van der Waals surface area contributed by atoms with Gasteiger partial charge in [0.25, 0.3) is 0 Å². The van der Waals surface area contributed by atoms with Gasteiger partial charge in [0.15, 0.2) is 0 Å². The Morgan fingerprint density at radius 2 is 2.25 bits per heavy atom. The van der Waals surface area contributed by atoms with E-state index in [1.54, 1.807) is 0 Å². The molecular formula is C9H11ClO2. The second kappa shape index (κ2) is 5.01. The summed E-state index contributed by atoms with van der Waals surface area (Å²) in [6.07, 6.45) is 0. The van der Waals surface area contributed by atoms with E-state index in [1.807, 2.05) is 24.3 Å². The monoisotopic (exact) mass is 186 g/mol. The van der Waals surface area contributed by atoms with Gasteiger partial charge in [0.1, 0.15) is 12.4 Å². The standard InChI is InChI=1S/C9H11ClO2/c10-7-8-2-1-3-9(6-8)12-5-4-11/h1-3,6,11H,4-5,7H2. The van der Waals surface area contributed by atoms with Crippen LogP contribution in [0.15, 0.2) is 24.3 Å². The minimum absolute atomic E-state index is 0.0328. The van der Waals surface area contributed by atoms with Crippen LogP contribution in [0, 0.1) is 0 Å². The van der Waals surface area contributed by atoms with Crippen molar-refractivity contribution < 1.29 is 9.84 Å². The number of halogens is 1. The van der Waals surface area contributed by atoms with Gasteiger partial charge in [-0.2, -0.15) is 0 Å². The molecule has 0 heterocycles. The van der Waals surface area contributed by atoms with Crippen molar-refractivity contribution in [3.8, 4) is 5.75 Å². The van der Waals surface area contributed by atoms with Crippen molar-refractivity contribution in [2.24, 2.45) is 0 Å². The maximum atomic E-state index is 8.50. The van der Waals surface area contributed by atoms with Crippen molar-refractivity contribution in [3.63, 3.8) is 0 Å². The van der Waals surface area contributed by atoms with Gasteiger partial charge in [0, 0.05) is 5.88 Å². The van der Waals surface area contributed by atoms with Crippen molar-refractivity contribution >= 4 is 11.6 Å². The molecule has 0 unspecified atom stereocenters. The number of hydrogen-bond donors (Lipinski definition) is 1. The molecule has 0 aliphatic rings. The Bertz CT molecular complexity index is 238. The average molecular weight is 187 g/mol. The lowest BCUT2D eigenvalue weighted by Crippen LogP contribution is -2.01. The fourth-order valence-electron chi connectivity index (χ4n) is 0.882. The molecule has 0 saturated heterocycles. The Balaban J connectivity index is 2.60. The molecule has 0 fully saturated rings. The lowest BCUT2D eigenvalue weighted by molar-refractivity contribution is 0.201. The minimum Gasteiger partial charge on any atom is -0.491 e. The Labute approximate surface area is 76.7 Å². The molecule has 1 N–H and O–H groups in total. The molecule has 0 aliphatic carbocycles. The van der Waals surface area contributed by atoms with Gasteiger partial charge in [0.05, 0.1) is 6.61 Å². The van der Waals surface area contributed by atoms with Crippen LogP contribution in [-0.4, -0.2) is 18.3 Å². The van der Waals surface area contributed by atoms with Crippen LogP contribution in [0.4, 0.5) is 0 Å². The molecule has 0 radical (unpaired) electrons. The van der Waals surface area contributed by atoms with E-state index in [1.165, 1.54) is 0 Å². The van der Waals surface area contributed by atoms with Crippen LogP contribution in [0.3, 0.4) is 0 Å². The topological polar surface area (TPSA) is 29.5 Å². The highest BCUT2D eigenvalue weighted by Crippen LogP contribution is 2.14. The summed E-state index contributed by atoms with van der Waals surface area (Å²) in [7, 11) is 0. The molecular weight excluding hydrogens is 176 g/mol. The third-order valence-corrected chi connectivity index (χ3v) is 1.72. The van der Waals surface area contributed by atoms with Crippen molar-refractivity contribution in [1.82, 2.24) is 0 Å². The van der Waals surface area contributed by atoms with E-state index in [0.29, 0.717) is 12.5 Å². The maximum Gasteiger partial charge on any atom is 0.119 e. The van der Waals surface area contributed by atoms with E-state index in [-0.39, 0.29) is 6.61 Å². The molecule has 0 spiro atoms. The number of alkyl halides is 1. The SMILES string of the molecule is OCCOc1cccc(CCl)c1. The van der Waals surface area contributed by atoms with Gasteiger partial charge in [-0.15, -0.1) is 11.6 Å². The molecule has 0 amide bonds. The highest BCUT2D eigenvalue weighted by Gasteiger charge is 1.94. The fourth-order valence-corrected chi connectivity index (χ4v) is 1.05. The van der Waals surface area contributed by atoms with E-state index in [0.717, 1.165) is 11.3 Å². The largest absolute Gasteiger partial charge is 0.491 e. The molecule has 0 saturated carbocycles. The number of hydrogen-bond acceptors (Lipinski definition) is 2. The van der Waals surface area contributed by atoms with E-state index < -0.39 is 0 Å². The summed E-state index contributed by atoms with van der Waals surface area (Å²) in [5.41, 5.74) is 1.02. The molecule has 66 valence electrons. The van der Waals surface area contributed by atoms with Crippen molar-refractivity contribution in [1.29, 1.82) is 0 Å². The highest BCUT2D eigenvalue weighted by atomic mass is 35.5. The Morgan fingerprint density at radius 1 is 1.42 bits per heavy atom.